The lowest BCUT2D eigenvalue weighted by Crippen LogP contribution is -2.00. The van der Waals surface area contributed by atoms with Gasteiger partial charge in [-0.15, -0.1) is 0 Å². The van der Waals surface area contributed by atoms with Gasteiger partial charge in [-0.1, -0.05) is 152 Å². The van der Waals surface area contributed by atoms with Crippen LogP contribution >= 0.6 is 0 Å². The number of para-hydroxylation sites is 3. The molecule has 0 atom stereocenters. The standard InChI is InChI=1S/C52H34N2/c1-4-16-35(17-5-1)40-31-41(36-18-6-2-7-19-36)33-43(32-40)54-49-27-15-13-25-45(49)50-46(39-29-28-37-20-10-11-21-38(37)30-39)34-47-44-24-12-14-26-48(44)53(51(47)52(50)54)42-22-8-3-9-23-42/h1-34H. The van der Waals surface area contributed by atoms with Gasteiger partial charge < -0.3 is 9.13 Å². The number of rotatable bonds is 5. The molecule has 0 spiro atoms. The molecule has 2 nitrogen and oxygen atoms in total. The third kappa shape index (κ3) is 4.74. The summed E-state index contributed by atoms with van der Waals surface area (Å²) in [4.78, 5) is 0. The first-order chi connectivity index (χ1) is 26.8. The molecule has 0 radical (unpaired) electrons. The Morgan fingerprint density at radius 3 is 1.50 bits per heavy atom. The largest absolute Gasteiger partial charge is 0.307 e. The van der Waals surface area contributed by atoms with Crippen LogP contribution in [0.3, 0.4) is 0 Å². The summed E-state index contributed by atoms with van der Waals surface area (Å²) in [6.07, 6.45) is 0. The van der Waals surface area contributed by atoms with E-state index in [1.165, 1.54) is 87.8 Å². The maximum absolute atomic E-state index is 2.54. The van der Waals surface area contributed by atoms with Crippen LogP contribution < -0.4 is 0 Å². The molecule has 0 fully saturated rings. The summed E-state index contributed by atoms with van der Waals surface area (Å²) >= 11 is 0. The Morgan fingerprint density at radius 1 is 0.278 bits per heavy atom. The highest BCUT2D eigenvalue weighted by Crippen LogP contribution is 2.47. The van der Waals surface area contributed by atoms with Gasteiger partial charge in [-0.05, 0) is 98.8 Å². The van der Waals surface area contributed by atoms with E-state index in [1.807, 2.05) is 0 Å². The van der Waals surface area contributed by atoms with Crippen molar-refractivity contribution in [2.45, 2.75) is 0 Å². The minimum atomic E-state index is 1.13. The summed E-state index contributed by atoms with van der Waals surface area (Å²) in [5.74, 6) is 0. The summed E-state index contributed by atoms with van der Waals surface area (Å²) in [5.41, 5.74) is 14.2. The summed E-state index contributed by atoms with van der Waals surface area (Å²) in [6.45, 7) is 0. The third-order valence-electron chi connectivity index (χ3n) is 11.0. The highest BCUT2D eigenvalue weighted by atomic mass is 15.0. The average molecular weight is 687 g/mol. The Bertz CT molecular complexity index is 3130. The molecule has 0 bridgehead atoms. The van der Waals surface area contributed by atoms with Gasteiger partial charge in [0, 0.05) is 32.9 Å². The van der Waals surface area contributed by atoms with Crippen molar-refractivity contribution in [2.75, 3.05) is 0 Å². The van der Waals surface area contributed by atoms with Crippen LogP contribution in [0.4, 0.5) is 0 Å². The molecule has 11 aromatic rings. The van der Waals surface area contributed by atoms with Crippen LogP contribution in [0, 0.1) is 0 Å². The smallest absolute Gasteiger partial charge is 0.0795 e. The van der Waals surface area contributed by atoms with Crippen molar-refractivity contribution in [1.82, 2.24) is 9.13 Å². The molecule has 0 amide bonds. The van der Waals surface area contributed by atoms with Gasteiger partial charge in [0.05, 0.1) is 22.1 Å². The van der Waals surface area contributed by atoms with Crippen molar-refractivity contribution in [1.29, 1.82) is 0 Å². The number of nitrogens with zero attached hydrogens (tertiary/aromatic N) is 2. The normalized spacial score (nSPS) is 11.7. The second-order valence-electron chi connectivity index (χ2n) is 14.1. The highest BCUT2D eigenvalue weighted by molar-refractivity contribution is 6.28. The van der Waals surface area contributed by atoms with E-state index in [2.05, 4.69) is 215 Å². The highest BCUT2D eigenvalue weighted by Gasteiger charge is 2.25. The average Bonchev–Trinajstić information content (AvgIpc) is 3.77. The van der Waals surface area contributed by atoms with E-state index < -0.39 is 0 Å². The van der Waals surface area contributed by atoms with Crippen LogP contribution in [-0.2, 0) is 0 Å². The fraction of sp³-hybridized carbons (Fsp3) is 0. The van der Waals surface area contributed by atoms with E-state index in [9.17, 15) is 0 Å². The molecule has 2 heterocycles. The van der Waals surface area contributed by atoms with Gasteiger partial charge in [0.1, 0.15) is 0 Å². The molecule has 0 unspecified atom stereocenters. The Kier molecular flexibility index (Phi) is 6.90. The van der Waals surface area contributed by atoms with Crippen LogP contribution in [0.5, 0.6) is 0 Å². The summed E-state index contributed by atoms with van der Waals surface area (Å²) in [7, 11) is 0. The fourth-order valence-corrected chi connectivity index (χ4v) is 8.63. The SMILES string of the molecule is c1ccc(-c2cc(-c3ccccc3)cc(-n3c4ccccc4c4c(-c5ccc6ccccc6c5)cc5c6ccccc6n(-c6ccccc6)c5c43)c2)cc1. The van der Waals surface area contributed by atoms with Crippen LogP contribution in [0.15, 0.2) is 206 Å². The van der Waals surface area contributed by atoms with Crippen molar-refractivity contribution < 1.29 is 0 Å². The van der Waals surface area contributed by atoms with Gasteiger partial charge >= 0.3 is 0 Å². The van der Waals surface area contributed by atoms with Gasteiger partial charge in [-0.25, -0.2) is 0 Å². The lowest BCUT2D eigenvalue weighted by Gasteiger charge is -2.16. The Morgan fingerprint density at radius 2 is 0.815 bits per heavy atom. The second kappa shape index (κ2) is 12.2. The zero-order valence-electron chi connectivity index (χ0n) is 29.5. The molecule has 0 saturated carbocycles. The van der Waals surface area contributed by atoms with Gasteiger partial charge in [-0.3, -0.25) is 0 Å². The van der Waals surface area contributed by atoms with E-state index >= 15 is 0 Å². The first kappa shape index (κ1) is 30.5. The Balaban J connectivity index is 1.36. The lowest BCUT2D eigenvalue weighted by atomic mass is 9.95. The van der Waals surface area contributed by atoms with Crippen LogP contribution in [-0.4, -0.2) is 9.13 Å². The molecular weight excluding hydrogens is 653 g/mol. The predicted octanol–water partition coefficient (Wildman–Crippen LogP) is 14.0. The first-order valence-electron chi connectivity index (χ1n) is 18.6. The van der Waals surface area contributed by atoms with Gasteiger partial charge in [0.25, 0.3) is 0 Å². The fourth-order valence-electron chi connectivity index (χ4n) is 8.63. The van der Waals surface area contributed by atoms with Crippen LogP contribution in [0.25, 0.3) is 99.1 Å². The van der Waals surface area contributed by atoms with E-state index in [0.29, 0.717) is 0 Å². The number of benzene rings is 9. The van der Waals surface area contributed by atoms with E-state index in [0.717, 1.165) is 11.4 Å². The molecule has 0 N–H and O–H groups in total. The molecule has 54 heavy (non-hydrogen) atoms. The molecule has 2 heteroatoms. The molecule has 0 aliphatic carbocycles. The number of fused-ring (bicyclic) bond motifs is 8. The number of hydrogen-bond acceptors (Lipinski definition) is 0. The minimum absolute atomic E-state index is 1.13. The zero-order valence-corrected chi connectivity index (χ0v) is 29.5. The summed E-state index contributed by atoms with van der Waals surface area (Å²) in [5, 5.41) is 7.43. The van der Waals surface area contributed by atoms with Crippen LogP contribution in [0.2, 0.25) is 0 Å². The Labute approximate surface area is 313 Å². The quantitative estimate of drug-likeness (QED) is 0.171. The first-order valence-corrected chi connectivity index (χ1v) is 18.6. The van der Waals surface area contributed by atoms with Crippen molar-refractivity contribution in [2.24, 2.45) is 0 Å². The van der Waals surface area contributed by atoms with Crippen molar-refractivity contribution in [3.8, 4) is 44.8 Å². The molecule has 0 aliphatic heterocycles. The van der Waals surface area contributed by atoms with E-state index in [1.54, 1.807) is 0 Å². The van der Waals surface area contributed by atoms with Gasteiger partial charge in [0.2, 0.25) is 0 Å². The van der Waals surface area contributed by atoms with Gasteiger partial charge in [-0.2, -0.15) is 0 Å². The molecular formula is C52H34N2. The molecule has 252 valence electrons. The molecule has 0 aliphatic rings. The summed E-state index contributed by atoms with van der Waals surface area (Å²) in [6, 6.07) is 75.3. The lowest BCUT2D eigenvalue weighted by molar-refractivity contribution is 1.15. The van der Waals surface area contributed by atoms with Gasteiger partial charge in [0.15, 0.2) is 0 Å². The van der Waals surface area contributed by atoms with E-state index in [-0.39, 0.29) is 0 Å². The number of hydrogen-bond donors (Lipinski definition) is 0. The molecule has 2 aromatic heterocycles. The molecule has 11 rings (SSSR count). The summed E-state index contributed by atoms with van der Waals surface area (Å²) < 4.78 is 5.01. The Hall–Kier alpha value is -7.16. The molecule has 0 saturated heterocycles. The van der Waals surface area contributed by atoms with Crippen molar-refractivity contribution in [3.63, 3.8) is 0 Å². The topological polar surface area (TPSA) is 9.86 Å². The maximum Gasteiger partial charge on any atom is 0.0795 e. The maximum atomic E-state index is 2.54. The molecule has 9 aromatic carbocycles. The number of aromatic nitrogens is 2. The van der Waals surface area contributed by atoms with Crippen molar-refractivity contribution in [3.05, 3.63) is 206 Å². The monoisotopic (exact) mass is 686 g/mol. The predicted molar refractivity (Wildman–Crippen MR) is 229 cm³/mol. The third-order valence-corrected chi connectivity index (χ3v) is 11.0. The van der Waals surface area contributed by atoms with Crippen molar-refractivity contribution >= 4 is 54.4 Å². The minimum Gasteiger partial charge on any atom is -0.307 e. The zero-order chi connectivity index (χ0) is 35.6. The second-order valence-corrected chi connectivity index (χ2v) is 14.1. The van der Waals surface area contributed by atoms with Crippen LogP contribution in [0.1, 0.15) is 0 Å². The van der Waals surface area contributed by atoms with E-state index in [4.69, 9.17) is 0 Å².